The van der Waals surface area contributed by atoms with E-state index < -0.39 is 17.8 Å². The summed E-state index contributed by atoms with van der Waals surface area (Å²) in [6.07, 6.45) is -4.09. The second-order valence-corrected chi connectivity index (χ2v) is 8.97. The van der Waals surface area contributed by atoms with E-state index in [4.69, 9.17) is 11.6 Å². The Kier molecular flexibility index (Phi) is 5.41. The van der Waals surface area contributed by atoms with Crippen molar-refractivity contribution in [3.05, 3.63) is 86.6 Å². The zero-order valence-electron chi connectivity index (χ0n) is 16.9. The fraction of sp³-hybridized carbons (Fsp3) is 0.174. The van der Waals surface area contributed by atoms with E-state index in [0.717, 1.165) is 21.7 Å². The molecule has 5 rings (SSSR count). The normalized spacial score (nSPS) is 13.9. The zero-order chi connectivity index (χ0) is 23.3. The molecule has 0 unspecified atom stereocenters. The molecule has 0 saturated heterocycles. The van der Waals surface area contributed by atoms with Gasteiger partial charge < -0.3 is 4.90 Å². The first-order valence-corrected chi connectivity index (χ1v) is 11.2. The Balaban J connectivity index is 1.60. The van der Waals surface area contributed by atoms with Crippen LogP contribution in [-0.4, -0.2) is 31.9 Å². The van der Waals surface area contributed by atoms with Crippen molar-refractivity contribution in [2.24, 2.45) is 0 Å². The molecule has 5 nitrogen and oxygen atoms in total. The molecule has 0 radical (unpaired) electrons. The largest absolute Gasteiger partial charge is 0.433 e. The number of alkyl halides is 3. The number of carbonyl (C=O) groups is 1. The van der Waals surface area contributed by atoms with Crippen molar-refractivity contribution in [2.75, 3.05) is 6.54 Å². The summed E-state index contributed by atoms with van der Waals surface area (Å²) in [4.78, 5) is 19.1. The average Bonchev–Trinajstić information content (AvgIpc) is 3.14. The maximum absolute atomic E-state index is 13.9. The standard InChI is InChI=1S/C23H15BrClF3N4O/c24-16-7-5-14(6-8-16)17-11-18(23(26,27)28)32-21(29-17)19(25)20(30-32)22(33)31-10-9-13-3-1-2-4-15(13)12-31/h1-8,11H,9-10,12H2. The molecule has 4 aromatic rings. The highest BCUT2D eigenvalue weighted by molar-refractivity contribution is 9.10. The topological polar surface area (TPSA) is 50.5 Å². The van der Waals surface area contributed by atoms with Gasteiger partial charge in [-0.05, 0) is 35.7 Å². The van der Waals surface area contributed by atoms with Gasteiger partial charge in [-0.3, -0.25) is 4.79 Å². The van der Waals surface area contributed by atoms with E-state index in [2.05, 4.69) is 26.0 Å². The van der Waals surface area contributed by atoms with Crippen molar-refractivity contribution in [2.45, 2.75) is 19.1 Å². The van der Waals surface area contributed by atoms with Gasteiger partial charge in [-0.25, -0.2) is 9.50 Å². The molecule has 2 aromatic carbocycles. The van der Waals surface area contributed by atoms with Gasteiger partial charge in [0.25, 0.3) is 5.91 Å². The molecule has 1 amide bonds. The second-order valence-electron chi connectivity index (χ2n) is 7.67. The highest BCUT2D eigenvalue weighted by atomic mass is 79.9. The van der Waals surface area contributed by atoms with Gasteiger partial charge >= 0.3 is 6.18 Å². The lowest BCUT2D eigenvalue weighted by atomic mass is 10.00. The fourth-order valence-electron chi connectivity index (χ4n) is 3.92. The molecular weight excluding hydrogens is 521 g/mol. The summed E-state index contributed by atoms with van der Waals surface area (Å²) in [5.74, 6) is -0.529. The number of halogens is 5. The van der Waals surface area contributed by atoms with E-state index in [-0.39, 0.29) is 22.1 Å². The summed E-state index contributed by atoms with van der Waals surface area (Å²) in [5.41, 5.74) is 1.16. The van der Waals surface area contributed by atoms with Gasteiger partial charge in [0, 0.05) is 23.1 Å². The molecule has 168 valence electrons. The van der Waals surface area contributed by atoms with E-state index in [1.165, 1.54) is 0 Å². The van der Waals surface area contributed by atoms with Crippen LogP contribution in [0.3, 0.4) is 0 Å². The fourth-order valence-corrected chi connectivity index (χ4v) is 4.42. The van der Waals surface area contributed by atoms with Crippen molar-refractivity contribution < 1.29 is 18.0 Å². The summed E-state index contributed by atoms with van der Waals surface area (Å²) >= 11 is 9.72. The van der Waals surface area contributed by atoms with Crippen LogP contribution >= 0.6 is 27.5 Å². The molecule has 3 heterocycles. The number of fused-ring (bicyclic) bond motifs is 2. The van der Waals surface area contributed by atoms with E-state index >= 15 is 0 Å². The van der Waals surface area contributed by atoms with Crippen LogP contribution in [0.4, 0.5) is 13.2 Å². The minimum absolute atomic E-state index is 0.0787. The molecule has 2 aromatic heterocycles. The number of carbonyl (C=O) groups excluding carboxylic acids is 1. The van der Waals surface area contributed by atoms with Gasteiger partial charge in [0.1, 0.15) is 5.02 Å². The van der Waals surface area contributed by atoms with Gasteiger partial charge in [0.15, 0.2) is 17.0 Å². The lowest BCUT2D eigenvalue weighted by Crippen LogP contribution is -2.36. The third kappa shape index (κ3) is 4.00. The molecule has 0 atom stereocenters. The second kappa shape index (κ2) is 8.14. The summed E-state index contributed by atoms with van der Waals surface area (Å²) < 4.78 is 43.1. The number of rotatable bonds is 2. The van der Waals surface area contributed by atoms with Gasteiger partial charge in [-0.15, -0.1) is 0 Å². The number of hydrogen-bond acceptors (Lipinski definition) is 3. The molecule has 0 saturated carbocycles. The molecule has 0 spiro atoms. The van der Waals surface area contributed by atoms with Gasteiger partial charge in [0.05, 0.1) is 5.69 Å². The van der Waals surface area contributed by atoms with Crippen LogP contribution in [0.5, 0.6) is 0 Å². The molecule has 10 heteroatoms. The lowest BCUT2D eigenvalue weighted by molar-refractivity contribution is -0.142. The molecule has 33 heavy (non-hydrogen) atoms. The van der Waals surface area contributed by atoms with Crippen LogP contribution < -0.4 is 0 Å². The predicted octanol–water partition coefficient (Wildman–Crippen LogP) is 6.03. The molecule has 1 aliphatic rings. The minimum atomic E-state index is -4.73. The van der Waals surface area contributed by atoms with E-state index in [0.29, 0.717) is 29.6 Å². The van der Waals surface area contributed by atoms with Gasteiger partial charge in [-0.2, -0.15) is 18.3 Å². The van der Waals surface area contributed by atoms with Crippen LogP contribution in [0.15, 0.2) is 59.1 Å². The van der Waals surface area contributed by atoms with Crippen molar-refractivity contribution in [3.8, 4) is 11.3 Å². The molecule has 0 fully saturated rings. The van der Waals surface area contributed by atoms with Crippen LogP contribution in [0.1, 0.15) is 27.3 Å². The van der Waals surface area contributed by atoms with Gasteiger partial charge in [-0.1, -0.05) is 63.9 Å². The summed E-state index contributed by atoms with van der Waals surface area (Å²) in [7, 11) is 0. The van der Waals surface area contributed by atoms with Gasteiger partial charge in [0.2, 0.25) is 0 Å². The number of aromatic nitrogens is 3. The maximum atomic E-state index is 13.9. The smallest absolute Gasteiger partial charge is 0.333 e. The average molecular weight is 536 g/mol. The van der Waals surface area contributed by atoms with Crippen LogP contribution in [0, 0.1) is 0 Å². The highest BCUT2D eigenvalue weighted by Gasteiger charge is 2.37. The monoisotopic (exact) mass is 534 g/mol. The van der Waals surface area contributed by atoms with Crippen LogP contribution in [0.2, 0.25) is 5.02 Å². The van der Waals surface area contributed by atoms with Crippen LogP contribution in [-0.2, 0) is 19.1 Å². The first-order chi connectivity index (χ1) is 15.7. The third-order valence-corrected chi connectivity index (χ3v) is 6.46. The third-order valence-electron chi connectivity index (χ3n) is 5.58. The Morgan fingerprint density at radius 2 is 1.76 bits per heavy atom. The van der Waals surface area contributed by atoms with E-state index in [9.17, 15) is 18.0 Å². The number of amides is 1. The summed E-state index contributed by atoms with van der Waals surface area (Å²) in [5, 5.41) is 3.76. The number of nitrogens with zero attached hydrogens (tertiary/aromatic N) is 4. The van der Waals surface area contributed by atoms with Crippen LogP contribution in [0.25, 0.3) is 16.9 Å². The van der Waals surface area contributed by atoms with Crippen molar-refractivity contribution in [1.29, 1.82) is 0 Å². The number of hydrogen-bond donors (Lipinski definition) is 0. The summed E-state index contributed by atoms with van der Waals surface area (Å²) in [6.45, 7) is 0.757. The Morgan fingerprint density at radius 3 is 2.45 bits per heavy atom. The Morgan fingerprint density at radius 1 is 1.06 bits per heavy atom. The predicted molar refractivity (Wildman–Crippen MR) is 121 cm³/mol. The van der Waals surface area contributed by atoms with Crippen molar-refractivity contribution in [3.63, 3.8) is 0 Å². The van der Waals surface area contributed by atoms with Crippen molar-refractivity contribution in [1.82, 2.24) is 19.5 Å². The maximum Gasteiger partial charge on any atom is 0.433 e. The summed E-state index contributed by atoms with van der Waals surface area (Å²) in [6, 6.07) is 15.3. The Labute approximate surface area is 199 Å². The highest BCUT2D eigenvalue weighted by Crippen LogP contribution is 2.35. The van der Waals surface area contributed by atoms with E-state index in [1.807, 2.05) is 24.3 Å². The lowest BCUT2D eigenvalue weighted by Gasteiger charge is -2.28. The SMILES string of the molecule is O=C(c1nn2c(C(F)(F)F)cc(-c3ccc(Br)cc3)nc2c1Cl)N1CCc2ccccc2C1. The molecular formula is C23H15BrClF3N4O. The van der Waals surface area contributed by atoms with E-state index in [1.54, 1.807) is 29.2 Å². The minimum Gasteiger partial charge on any atom is -0.333 e. The quantitative estimate of drug-likeness (QED) is 0.315. The Hall–Kier alpha value is -2.91. The molecule has 1 aliphatic heterocycles. The van der Waals surface area contributed by atoms with Crippen molar-refractivity contribution >= 4 is 39.1 Å². The first kappa shape index (κ1) is 21.9. The zero-order valence-corrected chi connectivity index (χ0v) is 19.2. The first-order valence-electron chi connectivity index (χ1n) is 10.0. The number of benzene rings is 2. The molecule has 0 aliphatic carbocycles. The Bertz CT molecular complexity index is 1390. The molecule has 0 N–H and O–H groups in total. The molecule has 0 bridgehead atoms.